The summed E-state index contributed by atoms with van der Waals surface area (Å²) in [6, 6.07) is 5.35. The molecule has 1 aliphatic heterocycles. The molecular weight excluding hydrogens is 370 g/mol. The van der Waals surface area contributed by atoms with Crippen molar-refractivity contribution in [2.24, 2.45) is 0 Å². The molecule has 7 heteroatoms. The third-order valence-electron chi connectivity index (χ3n) is 4.64. The fraction of sp³-hybridized carbons (Fsp3) is 0.421. The minimum atomic E-state index is -0.168. The highest BCUT2D eigenvalue weighted by Crippen LogP contribution is 2.23. The molecule has 0 aliphatic carbocycles. The first kappa shape index (κ1) is 19.0. The number of allylic oxidation sites excluding steroid dienone is 1. The van der Waals surface area contributed by atoms with E-state index in [1.54, 1.807) is 28.8 Å². The number of amides is 1. The molecule has 3 rings (SSSR count). The number of aromatic nitrogens is 2. The summed E-state index contributed by atoms with van der Waals surface area (Å²) in [5, 5.41) is 1.50. The first-order valence-electron chi connectivity index (χ1n) is 8.74. The van der Waals surface area contributed by atoms with Crippen molar-refractivity contribution in [3.63, 3.8) is 0 Å². The highest BCUT2D eigenvalue weighted by molar-refractivity contribution is 7.99. The molecule has 0 unspecified atom stereocenters. The Labute approximate surface area is 162 Å². The number of piperidine rings is 1. The minimum absolute atomic E-state index is 0.0952. The van der Waals surface area contributed by atoms with E-state index in [0.717, 1.165) is 19.4 Å². The van der Waals surface area contributed by atoms with Gasteiger partial charge in [-0.3, -0.25) is 14.2 Å². The van der Waals surface area contributed by atoms with Gasteiger partial charge in [0.1, 0.15) is 0 Å². The molecule has 2 aromatic rings. The van der Waals surface area contributed by atoms with Crippen LogP contribution in [0.25, 0.3) is 10.9 Å². The summed E-state index contributed by atoms with van der Waals surface area (Å²) in [6.07, 6.45) is 4.92. The van der Waals surface area contributed by atoms with Crippen molar-refractivity contribution >= 4 is 40.2 Å². The molecule has 1 aromatic carbocycles. The Kier molecular flexibility index (Phi) is 6.04. The summed E-state index contributed by atoms with van der Waals surface area (Å²) in [7, 11) is 0. The smallest absolute Gasteiger partial charge is 0.262 e. The number of nitrogens with zero attached hydrogens (tertiary/aromatic N) is 3. The van der Waals surface area contributed by atoms with E-state index in [1.165, 1.54) is 18.2 Å². The SMILES string of the molecule is C=CCn1c(SCC(=O)N2CCCC[C@H]2C)nc2ccc(Cl)cc2c1=O. The fourth-order valence-corrected chi connectivity index (χ4v) is 4.32. The van der Waals surface area contributed by atoms with Crippen molar-refractivity contribution in [1.82, 2.24) is 14.5 Å². The Morgan fingerprint density at radius 2 is 2.27 bits per heavy atom. The van der Waals surface area contributed by atoms with Crippen LogP contribution in [0, 0.1) is 0 Å². The van der Waals surface area contributed by atoms with Crippen LogP contribution in [0.15, 0.2) is 40.8 Å². The molecule has 5 nitrogen and oxygen atoms in total. The molecule has 1 saturated heterocycles. The van der Waals surface area contributed by atoms with Crippen LogP contribution in [-0.2, 0) is 11.3 Å². The molecular formula is C19H22ClN3O2S. The van der Waals surface area contributed by atoms with E-state index in [4.69, 9.17) is 11.6 Å². The Morgan fingerprint density at radius 1 is 1.46 bits per heavy atom. The zero-order chi connectivity index (χ0) is 18.7. The standard InChI is InChI=1S/C19H22ClN3O2S/c1-3-9-23-18(25)15-11-14(20)7-8-16(15)21-19(23)26-12-17(24)22-10-5-4-6-13(22)2/h3,7-8,11,13H,1,4-6,9-10,12H2,2H3/t13-/m1/s1. The second-order valence-corrected chi connectivity index (χ2v) is 7.86. The minimum Gasteiger partial charge on any atom is -0.339 e. The molecule has 1 fully saturated rings. The van der Waals surface area contributed by atoms with E-state index in [-0.39, 0.29) is 23.3 Å². The molecule has 138 valence electrons. The van der Waals surface area contributed by atoms with Crippen molar-refractivity contribution in [2.45, 2.75) is 43.9 Å². The summed E-state index contributed by atoms with van der Waals surface area (Å²) in [6.45, 7) is 6.95. The zero-order valence-electron chi connectivity index (χ0n) is 14.8. The van der Waals surface area contributed by atoms with Gasteiger partial charge >= 0.3 is 0 Å². The van der Waals surface area contributed by atoms with E-state index in [2.05, 4.69) is 18.5 Å². The number of benzene rings is 1. The summed E-state index contributed by atoms with van der Waals surface area (Å²) in [5.74, 6) is 0.366. The van der Waals surface area contributed by atoms with E-state index >= 15 is 0 Å². The molecule has 1 aromatic heterocycles. The monoisotopic (exact) mass is 391 g/mol. The van der Waals surface area contributed by atoms with Gasteiger partial charge in [-0.25, -0.2) is 4.98 Å². The fourth-order valence-electron chi connectivity index (χ4n) is 3.25. The summed E-state index contributed by atoms with van der Waals surface area (Å²) < 4.78 is 1.54. The van der Waals surface area contributed by atoms with Crippen molar-refractivity contribution in [3.05, 3.63) is 46.2 Å². The van der Waals surface area contributed by atoms with Crippen molar-refractivity contribution in [2.75, 3.05) is 12.3 Å². The largest absolute Gasteiger partial charge is 0.339 e. The maximum absolute atomic E-state index is 12.8. The van der Waals surface area contributed by atoms with Gasteiger partial charge in [-0.15, -0.1) is 6.58 Å². The topological polar surface area (TPSA) is 55.2 Å². The highest BCUT2D eigenvalue weighted by Gasteiger charge is 2.23. The molecule has 1 aliphatic rings. The molecule has 0 bridgehead atoms. The molecule has 1 amide bonds. The highest BCUT2D eigenvalue weighted by atomic mass is 35.5. The lowest BCUT2D eigenvalue weighted by Gasteiger charge is -2.33. The second-order valence-electron chi connectivity index (χ2n) is 6.48. The number of hydrogen-bond donors (Lipinski definition) is 0. The molecule has 0 spiro atoms. The molecule has 2 heterocycles. The van der Waals surface area contributed by atoms with Crippen LogP contribution in [0.3, 0.4) is 0 Å². The number of hydrogen-bond acceptors (Lipinski definition) is 4. The molecule has 0 radical (unpaired) electrons. The van der Waals surface area contributed by atoms with Crippen LogP contribution in [0.1, 0.15) is 26.2 Å². The Bertz CT molecular complexity index is 896. The summed E-state index contributed by atoms with van der Waals surface area (Å²) in [5.41, 5.74) is 0.416. The van der Waals surface area contributed by atoms with Crippen LogP contribution in [-0.4, -0.2) is 38.7 Å². The lowest BCUT2D eigenvalue weighted by atomic mass is 10.0. The average Bonchev–Trinajstić information content (AvgIpc) is 2.63. The van der Waals surface area contributed by atoms with Crippen molar-refractivity contribution in [1.29, 1.82) is 0 Å². The molecule has 1 atom stereocenters. The Morgan fingerprint density at radius 3 is 3.00 bits per heavy atom. The van der Waals surface area contributed by atoms with Gasteiger partial charge in [0.25, 0.3) is 5.56 Å². The normalized spacial score (nSPS) is 17.5. The van der Waals surface area contributed by atoms with E-state index in [1.807, 2.05) is 4.90 Å². The van der Waals surface area contributed by atoms with E-state index in [0.29, 0.717) is 27.6 Å². The predicted molar refractivity (Wildman–Crippen MR) is 107 cm³/mol. The van der Waals surface area contributed by atoms with E-state index < -0.39 is 0 Å². The van der Waals surface area contributed by atoms with Gasteiger partial charge in [-0.05, 0) is 44.4 Å². The van der Waals surface area contributed by atoms with Gasteiger partial charge < -0.3 is 4.90 Å². The second kappa shape index (κ2) is 8.27. The quantitative estimate of drug-likeness (QED) is 0.442. The van der Waals surface area contributed by atoms with Crippen LogP contribution in [0.2, 0.25) is 5.02 Å². The number of fused-ring (bicyclic) bond motifs is 1. The van der Waals surface area contributed by atoms with Gasteiger partial charge in [-0.1, -0.05) is 29.4 Å². The van der Waals surface area contributed by atoms with Gasteiger partial charge in [0.05, 0.1) is 16.7 Å². The number of rotatable bonds is 5. The summed E-state index contributed by atoms with van der Waals surface area (Å²) in [4.78, 5) is 31.9. The Balaban J connectivity index is 1.87. The van der Waals surface area contributed by atoms with Gasteiger partial charge in [-0.2, -0.15) is 0 Å². The van der Waals surface area contributed by atoms with Gasteiger partial charge in [0, 0.05) is 24.2 Å². The van der Waals surface area contributed by atoms with Crippen molar-refractivity contribution < 1.29 is 4.79 Å². The number of carbonyl (C=O) groups is 1. The number of thioether (sulfide) groups is 1. The first-order chi connectivity index (χ1) is 12.5. The third kappa shape index (κ3) is 3.96. The van der Waals surface area contributed by atoms with Gasteiger partial charge in [0.15, 0.2) is 5.16 Å². The lowest BCUT2D eigenvalue weighted by molar-refractivity contribution is -0.131. The number of likely N-dealkylation sites (tertiary alicyclic amines) is 1. The predicted octanol–water partition coefficient (Wildman–Crippen LogP) is 3.73. The van der Waals surface area contributed by atoms with E-state index in [9.17, 15) is 9.59 Å². The maximum atomic E-state index is 12.8. The molecule has 0 saturated carbocycles. The zero-order valence-corrected chi connectivity index (χ0v) is 16.4. The van der Waals surface area contributed by atoms with Crippen LogP contribution < -0.4 is 5.56 Å². The summed E-state index contributed by atoms with van der Waals surface area (Å²) >= 11 is 7.31. The lowest BCUT2D eigenvalue weighted by Crippen LogP contribution is -2.43. The molecule has 0 N–H and O–H groups in total. The average molecular weight is 392 g/mol. The number of halogens is 1. The number of carbonyl (C=O) groups excluding carboxylic acids is 1. The molecule has 26 heavy (non-hydrogen) atoms. The van der Waals surface area contributed by atoms with Crippen LogP contribution in [0.5, 0.6) is 0 Å². The third-order valence-corrected chi connectivity index (χ3v) is 5.84. The van der Waals surface area contributed by atoms with Crippen LogP contribution in [0.4, 0.5) is 0 Å². The maximum Gasteiger partial charge on any atom is 0.262 e. The Hall–Kier alpha value is -1.79. The van der Waals surface area contributed by atoms with Crippen molar-refractivity contribution in [3.8, 4) is 0 Å². The van der Waals surface area contributed by atoms with Gasteiger partial charge in [0.2, 0.25) is 5.91 Å². The van der Waals surface area contributed by atoms with Crippen LogP contribution >= 0.6 is 23.4 Å². The first-order valence-corrected chi connectivity index (χ1v) is 10.1.